The highest BCUT2D eigenvalue weighted by Crippen LogP contribution is 2.38. The zero-order valence-corrected chi connectivity index (χ0v) is 13.5. The summed E-state index contributed by atoms with van der Waals surface area (Å²) in [5, 5.41) is 3.53. The Kier molecular flexibility index (Phi) is 4.79. The van der Waals surface area contributed by atoms with Crippen molar-refractivity contribution < 1.29 is 0 Å². The average molecular weight is 287 g/mol. The van der Waals surface area contributed by atoms with Crippen LogP contribution in [0.5, 0.6) is 0 Å². The lowest BCUT2D eigenvalue weighted by Gasteiger charge is -2.38. The van der Waals surface area contributed by atoms with Crippen LogP contribution in [0.25, 0.3) is 0 Å². The second-order valence-corrected chi connectivity index (χ2v) is 7.14. The fraction of sp³-hybridized carbons (Fsp3) is 0.722. The molecule has 2 aliphatic rings. The van der Waals surface area contributed by atoms with Crippen molar-refractivity contribution in [1.29, 1.82) is 0 Å². The van der Waals surface area contributed by atoms with Gasteiger partial charge in [0.15, 0.2) is 0 Å². The molecule has 1 saturated carbocycles. The lowest BCUT2D eigenvalue weighted by atomic mass is 9.92. The van der Waals surface area contributed by atoms with E-state index in [4.69, 9.17) is 0 Å². The topological polar surface area (TPSA) is 28.2 Å². The molecule has 3 rings (SSSR count). The molecule has 2 fully saturated rings. The van der Waals surface area contributed by atoms with E-state index in [0.29, 0.717) is 5.92 Å². The molecule has 116 valence electrons. The van der Waals surface area contributed by atoms with E-state index >= 15 is 0 Å². The molecule has 0 aromatic carbocycles. The van der Waals surface area contributed by atoms with Crippen LogP contribution in [0.4, 0.5) is 5.82 Å². The molecule has 0 amide bonds. The molecule has 0 spiro atoms. The van der Waals surface area contributed by atoms with E-state index in [1.165, 1.54) is 50.0 Å². The van der Waals surface area contributed by atoms with Gasteiger partial charge in [-0.15, -0.1) is 0 Å². The van der Waals surface area contributed by atoms with Gasteiger partial charge in [-0.3, -0.25) is 0 Å². The van der Waals surface area contributed by atoms with Crippen molar-refractivity contribution in [3.8, 4) is 0 Å². The van der Waals surface area contributed by atoms with Gasteiger partial charge in [0.05, 0.1) is 0 Å². The highest BCUT2D eigenvalue weighted by Gasteiger charge is 2.35. The number of hydrogen-bond acceptors (Lipinski definition) is 3. The van der Waals surface area contributed by atoms with Crippen LogP contribution in [0.1, 0.15) is 51.5 Å². The first-order valence-corrected chi connectivity index (χ1v) is 8.66. The summed E-state index contributed by atoms with van der Waals surface area (Å²) in [4.78, 5) is 7.26. The van der Waals surface area contributed by atoms with Crippen molar-refractivity contribution in [3.63, 3.8) is 0 Å². The van der Waals surface area contributed by atoms with Gasteiger partial charge < -0.3 is 10.2 Å². The van der Waals surface area contributed by atoms with Gasteiger partial charge in [-0.2, -0.15) is 0 Å². The molecule has 0 bridgehead atoms. The van der Waals surface area contributed by atoms with Crippen LogP contribution >= 0.6 is 0 Å². The number of aromatic nitrogens is 1. The van der Waals surface area contributed by atoms with E-state index in [0.717, 1.165) is 25.0 Å². The summed E-state index contributed by atoms with van der Waals surface area (Å²) in [5.74, 6) is 2.83. The molecule has 1 saturated heterocycles. The van der Waals surface area contributed by atoms with Crippen LogP contribution in [0.3, 0.4) is 0 Å². The molecule has 2 unspecified atom stereocenters. The predicted octanol–water partition coefficient (Wildman–Crippen LogP) is 3.60. The van der Waals surface area contributed by atoms with Crippen molar-refractivity contribution in [2.45, 2.75) is 58.5 Å². The van der Waals surface area contributed by atoms with Crippen LogP contribution in [0.2, 0.25) is 0 Å². The third-order valence-corrected chi connectivity index (χ3v) is 4.98. The van der Waals surface area contributed by atoms with Gasteiger partial charge >= 0.3 is 0 Å². The molecule has 21 heavy (non-hydrogen) atoms. The van der Waals surface area contributed by atoms with Crippen LogP contribution in [-0.4, -0.2) is 24.1 Å². The SMILES string of the molecule is CC(C)CNCc1ccnc(N2CCCC3CCCC32)c1. The van der Waals surface area contributed by atoms with Gasteiger partial charge in [0, 0.05) is 25.3 Å². The normalized spacial score (nSPS) is 25.4. The summed E-state index contributed by atoms with van der Waals surface area (Å²) in [6, 6.07) is 5.20. The van der Waals surface area contributed by atoms with Gasteiger partial charge in [-0.25, -0.2) is 4.98 Å². The van der Waals surface area contributed by atoms with E-state index in [-0.39, 0.29) is 0 Å². The number of nitrogens with one attached hydrogen (secondary N) is 1. The lowest BCUT2D eigenvalue weighted by Crippen LogP contribution is -2.43. The maximum absolute atomic E-state index is 4.66. The molecule has 3 nitrogen and oxygen atoms in total. The first kappa shape index (κ1) is 14.8. The quantitative estimate of drug-likeness (QED) is 0.897. The number of pyridine rings is 1. The minimum absolute atomic E-state index is 0.702. The molecule has 1 aromatic heterocycles. The summed E-state index contributed by atoms with van der Waals surface area (Å²) in [6.07, 6.45) is 8.94. The third kappa shape index (κ3) is 3.57. The Morgan fingerprint density at radius 2 is 2.14 bits per heavy atom. The number of rotatable bonds is 5. The van der Waals surface area contributed by atoms with Gasteiger partial charge in [-0.05, 0) is 61.8 Å². The van der Waals surface area contributed by atoms with Crippen molar-refractivity contribution in [1.82, 2.24) is 10.3 Å². The Labute approximate surface area is 129 Å². The smallest absolute Gasteiger partial charge is 0.129 e. The first-order chi connectivity index (χ1) is 10.2. The fourth-order valence-electron chi connectivity index (χ4n) is 3.97. The van der Waals surface area contributed by atoms with Gasteiger partial charge in [0.1, 0.15) is 5.82 Å². The molecular weight excluding hydrogens is 258 g/mol. The average Bonchev–Trinajstić information content (AvgIpc) is 2.95. The number of fused-ring (bicyclic) bond motifs is 1. The number of anilines is 1. The van der Waals surface area contributed by atoms with Crippen LogP contribution in [0, 0.1) is 11.8 Å². The second kappa shape index (κ2) is 6.78. The van der Waals surface area contributed by atoms with Crippen LogP contribution < -0.4 is 10.2 Å². The molecule has 2 atom stereocenters. The Bertz CT molecular complexity index is 458. The molecular formula is C18H29N3. The van der Waals surface area contributed by atoms with Gasteiger partial charge in [0.2, 0.25) is 0 Å². The maximum Gasteiger partial charge on any atom is 0.129 e. The second-order valence-electron chi connectivity index (χ2n) is 7.14. The highest BCUT2D eigenvalue weighted by molar-refractivity contribution is 5.43. The Hall–Kier alpha value is -1.09. The van der Waals surface area contributed by atoms with E-state index in [1.54, 1.807) is 0 Å². The summed E-state index contributed by atoms with van der Waals surface area (Å²) in [6.45, 7) is 7.72. The standard InChI is InChI=1S/C18H29N3/c1-14(2)12-19-13-15-8-9-20-18(11-15)21-10-4-6-16-5-3-7-17(16)21/h8-9,11,14,16-17,19H,3-7,10,12-13H2,1-2H3. The Morgan fingerprint density at radius 3 is 3.00 bits per heavy atom. The molecule has 1 aromatic rings. The van der Waals surface area contributed by atoms with Crippen molar-refractivity contribution in [2.75, 3.05) is 18.0 Å². The summed E-state index contributed by atoms with van der Waals surface area (Å²) < 4.78 is 0. The van der Waals surface area contributed by atoms with Crippen LogP contribution in [0.15, 0.2) is 18.3 Å². The zero-order chi connectivity index (χ0) is 14.7. The Morgan fingerprint density at radius 1 is 1.29 bits per heavy atom. The van der Waals surface area contributed by atoms with E-state index in [1.807, 2.05) is 6.20 Å². The van der Waals surface area contributed by atoms with Gasteiger partial charge in [-0.1, -0.05) is 20.3 Å². The third-order valence-electron chi connectivity index (χ3n) is 4.98. The van der Waals surface area contributed by atoms with E-state index < -0.39 is 0 Å². The minimum Gasteiger partial charge on any atom is -0.353 e. The number of piperidine rings is 1. The molecule has 1 aliphatic carbocycles. The largest absolute Gasteiger partial charge is 0.353 e. The van der Waals surface area contributed by atoms with Crippen molar-refractivity contribution in [2.24, 2.45) is 11.8 Å². The molecule has 1 N–H and O–H groups in total. The highest BCUT2D eigenvalue weighted by atomic mass is 15.2. The van der Waals surface area contributed by atoms with Gasteiger partial charge in [0.25, 0.3) is 0 Å². The van der Waals surface area contributed by atoms with E-state index in [9.17, 15) is 0 Å². The predicted molar refractivity (Wildman–Crippen MR) is 88.5 cm³/mol. The summed E-state index contributed by atoms with van der Waals surface area (Å²) >= 11 is 0. The first-order valence-electron chi connectivity index (χ1n) is 8.66. The van der Waals surface area contributed by atoms with E-state index in [2.05, 4.69) is 41.2 Å². The lowest BCUT2D eigenvalue weighted by molar-refractivity contribution is 0.360. The van der Waals surface area contributed by atoms with Crippen LogP contribution in [-0.2, 0) is 6.54 Å². The molecule has 2 heterocycles. The Balaban J connectivity index is 1.67. The fourth-order valence-corrected chi connectivity index (χ4v) is 3.97. The number of nitrogens with zero attached hydrogens (tertiary/aromatic N) is 2. The zero-order valence-electron chi connectivity index (χ0n) is 13.5. The summed E-state index contributed by atoms with van der Waals surface area (Å²) in [5.41, 5.74) is 1.36. The van der Waals surface area contributed by atoms with Crippen molar-refractivity contribution in [3.05, 3.63) is 23.9 Å². The summed E-state index contributed by atoms with van der Waals surface area (Å²) in [7, 11) is 0. The number of hydrogen-bond donors (Lipinski definition) is 1. The minimum atomic E-state index is 0.702. The maximum atomic E-state index is 4.66. The molecule has 1 aliphatic heterocycles. The molecule has 3 heteroatoms. The van der Waals surface area contributed by atoms with Crippen molar-refractivity contribution >= 4 is 5.82 Å². The monoisotopic (exact) mass is 287 g/mol. The molecule has 0 radical (unpaired) electrons.